The molecule has 1 N–H and O–H groups in total. The van der Waals surface area contributed by atoms with Gasteiger partial charge in [-0.2, -0.15) is 0 Å². The second kappa shape index (κ2) is 5.71. The lowest BCUT2D eigenvalue weighted by Crippen LogP contribution is -1.93. The molecule has 0 aliphatic rings. The van der Waals surface area contributed by atoms with Crippen molar-refractivity contribution in [3.63, 3.8) is 0 Å². The third-order valence-corrected chi connectivity index (χ3v) is 4.67. The normalized spacial score (nSPS) is 10.8. The summed E-state index contributed by atoms with van der Waals surface area (Å²) >= 11 is 8.55. The molecule has 0 aliphatic heterocycles. The smallest absolute Gasteiger partial charge is 0.188 e. The molecule has 3 rings (SSSR count). The summed E-state index contributed by atoms with van der Waals surface area (Å²) in [5.41, 5.74) is 1.87. The van der Waals surface area contributed by atoms with Gasteiger partial charge in [0.1, 0.15) is 5.75 Å². The van der Waals surface area contributed by atoms with Gasteiger partial charge in [0.25, 0.3) is 0 Å². The monoisotopic (exact) mass is 412 g/mol. The van der Waals surface area contributed by atoms with Crippen molar-refractivity contribution >= 4 is 64.2 Å². The lowest BCUT2D eigenvalue weighted by atomic mass is 10.3. The van der Waals surface area contributed by atoms with Gasteiger partial charge in [0.05, 0.1) is 23.0 Å². The molecule has 0 saturated carbocycles. The van der Waals surface area contributed by atoms with Crippen molar-refractivity contribution in [1.29, 1.82) is 0 Å². The van der Waals surface area contributed by atoms with Crippen molar-refractivity contribution in [2.75, 3.05) is 12.4 Å². The molecule has 1 aromatic heterocycles. The summed E-state index contributed by atoms with van der Waals surface area (Å²) in [6.07, 6.45) is 0. The van der Waals surface area contributed by atoms with E-state index in [1.807, 2.05) is 30.3 Å². The second-order valence-corrected chi connectivity index (χ2v) is 6.96. The third-order valence-electron chi connectivity index (χ3n) is 2.75. The molecule has 20 heavy (non-hydrogen) atoms. The number of halogens is 2. The van der Waals surface area contributed by atoms with Crippen molar-refractivity contribution < 1.29 is 4.74 Å². The Kier molecular flexibility index (Phi) is 3.96. The second-order valence-electron chi connectivity index (χ2n) is 4.10. The number of anilines is 2. The van der Waals surface area contributed by atoms with Gasteiger partial charge in [-0.05, 0) is 36.4 Å². The fourth-order valence-corrected chi connectivity index (χ4v) is 3.64. The molecule has 0 fully saturated rings. The molecule has 1 heterocycles. The van der Waals surface area contributed by atoms with Crippen molar-refractivity contribution in [3.05, 3.63) is 45.3 Å². The summed E-state index contributed by atoms with van der Waals surface area (Å²) in [4.78, 5) is 4.57. The van der Waals surface area contributed by atoms with E-state index in [-0.39, 0.29) is 0 Å². The van der Waals surface area contributed by atoms with Crippen LogP contribution in [0.5, 0.6) is 5.75 Å². The lowest BCUT2D eigenvalue weighted by Gasteiger charge is -2.09. The fourth-order valence-electron chi connectivity index (χ4n) is 1.85. The predicted molar refractivity (Wildman–Crippen MR) is 91.3 cm³/mol. The molecule has 3 aromatic rings. The molecule has 0 aliphatic carbocycles. The van der Waals surface area contributed by atoms with Gasteiger partial charge in [-0.3, -0.25) is 0 Å². The molecule has 0 radical (unpaired) electrons. The predicted octanol–water partition coefficient (Wildman–Crippen LogP) is 5.57. The van der Waals surface area contributed by atoms with Crippen LogP contribution >= 0.6 is 43.2 Å². The molecule has 2 aromatic carbocycles. The van der Waals surface area contributed by atoms with Crippen LogP contribution in [0.25, 0.3) is 10.2 Å². The molecule has 0 bridgehead atoms. The standard InChI is InChI=1S/C14H10Br2N2OS/c1-19-12-5-3-8(15)6-11(12)18-14-17-10-4-2-9(16)7-13(10)20-14/h2-7H,1H3,(H,17,18). The van der Waals surface area contributed by atoms with Crippen molar-refractivity contribution in [2.45, 2.75) is 0 Å². The van der Waals surface area contributed by atoms with Gasteiger partial charge in [-0.1, -0.05) is 43.2 Å². The van der Waals surface area contributed by atoms with Crippen LogP contribution in [0, 0.1) is 0 Å². The summed E-state index contributed by atoms with van der Waals surface area (Å²) < 4.78 is 8.53. The zero-order valence-electron chi connectivity index (χ0n) is 10.5. The fraction of sp³-hybridized carbons (Fsp3) is 0.0714. The Labute approximate surface area is 137 Å². The number of hydrogen-bond acceptors (Lipinski definition) is 4. The quantitative estimate of drug-likeness (QED) is 0.609. The number of thiazole rings is 1. The molecule has 0 atom stereocenters. The Morgan fingerprint density at radius 1 is 1.10 bits per heavy atom. The van der Waals surface area contributed by atoms with Gasteiger partial charge < -0.3 is 10.1 Å². The Morgan fingerprint density at radius 3 is 2.65 bits per heavy atom. The van der Waals surface area contributed by atoms with Crippen molar-refractivity contribution in [2.24, 2.45) is 0 Å². The van der Waals surface area contributed by atoms with Gasteiger partial charge >= 0.3 is 0 Å². The minimum absolute atomic E-state index is 0.786. The average molecular weight is 414 g/mol. The van der Waals surface area contributed by atoms with Crippen LogP contribution in [0.1, 0.15) is 0 Å². The number of methoxy groups -OCH3 is 1. The highest BCUT2D eigenvalue weighted by atomic mass is 79.9. The first-order valence-corrected chi connectivity index (χ1v) is 8.22. The Morgan fingerprint density at radius 2 is 1.85 bits per heavy atom. The van der Waals surface area contributed by atoms with Crippen LogP contribution < -0.4 is 10.1 Å². The first-order chi connectivity index (χ1) is 9.65. The Bertz CT molecular complexity index is 773. The van der Waals surface area contributed by atoms with Crippen molar-refractivity contribution in [3.8, 4) is 5.75 Å². The highest BCUT2D eigenvalue weighted by Crippen LogP contribution is 2.34. The highest BCUT2D eigenvalue weighted by molar-refractivity contribution is 9.10. The molecule has 0 spiro atoms. The molecular weight excluding hydrogens is 404 g/mol. The molecule has 0 amide bonds. The van der Waals surface area contributed by atoms with E-state index in [0.29, 0.717) is 0 Å². The SMILES string of the molecule is COc1ccc(Br)cc1Nc1nc2ccc(Br)cc2s1. The molecule has 6 heteroatoms. The average Bonchev–Trinajstić information content (AvgIpc) is 2.80. The maximum absolute atomic E-state index is 5.35. The van der Waals surface area contributed by atoms with Crippen LogP contribution in [0.3, 0.4) is 0 Å². The van der Waals surface area contributed by atoms with E-state index in [1.54, 1.807) is 18.4 Å². The zero-order chi connectivity index (χ0) is 14.1. The Hall–Kier alpha value is -1.11. The molecule has 0 saturated heterocycles. The number of fused-ring (bicyclic) bond motifs is 1. The third kappa shape index (κ3) is 2.82. The summed E-state index contributed by atoms with van der Waals surface area (Å²) in [5.74, 6) is 0.786. The van der Waals surface area contributed by atoms with Gasteiger partial charge in [-0.25, -0.2) is 4.98 Å². The maximum atomic E-state index is 5.35. The Balaban J connectivity index is 1.98. The van der Waals surface area contributed by atoms with E-state index in [9.17, 15) is 0 Å². The number of rotatable bonds is 3. The molecular formula is C14H10Br2N2OS. The number of benzene rings is 2. The number of aromatic nitrogens is 1. The van der Waals surface area contributed by atoms with Crippen LogP contribution in [0.4, 0.5) is 10.8 Å². The first-order valence-electron chi connectivity index (χ1n) is 5.82. The summed E-state index contributed by atoms with van der Waals surface area (Å²) in [6.45, 7) is 0. The van der Waals surface area contributed by atoms with Gasteiger partial charge in [0.15, 0.2) is 5.13 Å². The van der Waals surface area contributed by atoms with E-state index in [0.717, 1.165) is 35.7 Å². The van der Waals surface area contributed by atoms with Gasteiger partial charge in [-0.15, -0.1) is 0 Å². The van der Waals surface area contributed by atoms with E-state index >= 15 is 0 Å². The van der Waals surface area contributed by atoms with E-state index in [2.05, 4.69) is 48.2 Å². The number of ether oxygens (including phenoxy) is 1. The van der Waals surface area contributed by atoms with Crippen LogP contribution in [-0.4, -0.2) is 12.1 Å². The van der Waals surface area contributed by atoms with E-state index in [1.165, 1.54) is 0 Å². The molecule has 102 valence electrons. The van der Waals surface area contributed by atoms with E-state index < -0.39 is 0 Å². The van der Waals surface area contributed by atoms with Crippen molar-refractivity contribution in [1.82, 2.24) is 4.98 Å². The number of hydrogen-bond donors (Lipinski definition) is 1. The number of nitrogens with zero attached hydrogens (tertiary/aromatic N) is 1. The number of nitrogens with one attached hydrogen (secondary N) is 1. The lowest BCUT2D eigenvalue weighted by molar-refractivity contribution is 0.417. The molecule has 3 nitrogen and oxygen atoms in total. The van der Waals surface area contributed by atoms with Crippen LogP contribution in [0.2, 0.25) is 0 Å². The zero-order valence-corrected chi connectivity index (χ0v) is 14.5. The largest absolute Gasteiger partial charge is 0.495 e. The van der Waals surface area contributed by atoms with Crippen LogP contribution in [0.15, 0.2) is 45.3 Å². The van der Waals surface area contributed by atoms with E-state index in [4.69, 9.17) is 4.74 Å². The molecule has 0 unspecified atom stereocenters. The van der Waals surface area contributed by atoms with Gasteiger partial charge in [0.2, 0.25) is 0 Å². The summed E-state index contributed by atoms with van der Waals surface area (Å²) in [6, 6.07) is 11.9. The first kappa shape index (κ1) is 13.9. The minimum Gasteiger partial charge on any atom is -0.495 e. The summed E-state index contributed by atoms with van der Waals surface area (Å²) in [7, 11) is 1.66. The summed E-state index contributed by atoms with van der Waals surface area (Å²) in [5, 5.41) is 4.15. The van der Waals surface area contributed by atoms with Crippen LogP contribution in [-0.2, 0) is 0 Å². The topological polar surface area (TPSA) is 34.1 Å². The highest BCUT2D eigenvalue weighted by Gasteiger charge is 2.08. The minimum atomic E-state index is 0.786. The maximum Gasteiger partial charge on any atom is 0.188 e. The van der Waals surface area contributed by atoms with Gasteiger partial charge in [0, 0.05) is 8.95 Å².